The van der Waals surface area contributed by atoms with E-state index in [4.69, 9.17) is 4.55 Å². The lowest BCUT2D eigenvalue weighted by molar-refractivity contribution is -0.440. The molecular formula is C10H9F13O3S. The van der Waals surface area contributed by atoms with Crippen molar-refractivity contribution in [2.75, 3.05) is 5.75 Å². The Morgan fingerprint density at radius 1 is 0.593 bits per heavy atom. The minimum Gasteiger partial charge on any atom is -0.286 e. The summed E-state index contributed by atoms with van der Waals surface area (Å²) >= 11 is 0. The van der Waals surface area contributed by atoms with Crippen LogP contribution in [0.25, 0.3) is 0 Å². The van der Waals surface area contributed by atoms with E-state index in [0.29, 0.717) is 0 Å². The van der Waals surface area contributed by atoms with Crippen molar-refractivity contribution in [2.45, 2.75) is 55.1 Å². The first-order valence-electron chi connectivity index (χ1n) is 6.36. The first-order valence-corrected chi connectivity index (χ1v) is 7.97. The van der Waals surface area contributed by atoms with Crippen molar-refractivity contribution in [3.05, 3.63) is 0 Å². The minimum atomic E-state index is -7.96. The number of halogens is 13. The van der Waals surface area contributed by atoms with Gasteiger partial charge in [0.1, 0.15) is 0 Å². The maximum atomic E-state index is 13.2. The van der Waals surface area contributed by atoms with E-state index in [-0.39, 0.29) is 0 Å². The summed E-state index contributed by atoms with van der Waals surface area (Å²) in [5.41, 5.74) is 0. The van der Waals surface area contributed by atoms with Gasteiger partial charge in [0.15, 0.2) is 0 Å². The molecule has 0 spiro atoms. The summed E-state index contributed by atoms with van der Waals surface area (Å²) in [7, 11) is -4.79. The molecule has 0 aromatic heterocycles. The summed E-state index contributed by atoms with van der Waals surface area (Å²) in [4.78, 5) is 0. The number of alkyl halides is 13. The molecule has 0 amide bonds. The number of hydrogen-bond donors (Lipinski definition) is 1. The Bertz CT molecular complexity index is 623. The van der Waals surface area contributed by atoms with Crippen molar-refractivity contribution in [3.63, 3.8) is 0 Å². The van der Waals surface area contributed by atoms with E-state index in [0.717, 1.165) is 0 Å². The second-order valence-corrected chi connectivity index (χ2v) is 6.82. The molecule has 0 rings (SSSR count). The number of rotatable bonds is 9. The molecular weight excluding hydrogens is 447 g/mol. The predicted octanol–water partition coefficient (Wildman–Crippen LogP) is 4.78. The van der Waals surface area contributed by atoms with Crippen LogP contribution in [0, 0.1) is 0 Å². The van der Waals surface area contributed by atoms with Crippen LogP contribution in [-0.4, -0.2) is 54.5 Å². The molecule has 164 valence electrons. The first-order chi connectivity index (χ1) is 11.5. The number of hydrogen-bond acceptors (Lipinski definition) is 2. The van der Waals surface area contributed by atoms with Gasteiger partial charge in [-0.25, -0.2) is 0 Å². The smallest absolute Gasteiger partial charge is 0.286 e. The van der Waals surface area contributed by atoms with E-state index in [1.165, 1.54) is 0 Å². The van der Waals surface area contributed by atoms with Crippen molar-refractivity contribution in [3.8, 4) is 0 Å². The standard InChI is InChI=1S/C10H9F13O3S/c11-5(12,3-1-2-4-27(24,25)26)6(13,14)7(15,16)8(17,18)9(19,20)10(21,22)23/h1-4H2,(H,24,25,26). The molecule has 0 saturated carbocycles. The van der Waals surface area contributed by atoms with Crippen LogP contribution in [0.2, 0.25) is 0 Å². The van der Waals surface area contributed by atoms with Crippen molar-refractivity contribution in [2.24, 2.45) is 0 Å². The molecule has 0 heterocycles. The van der Waals surface area contributed by atoms with Gasteiger partial charge >= 0.3 is 35.8 Å². The highest BCUT2D eigenvalue weighted by molar-refractivity contribution is 7.85. The molecule has 0 aliphatic heterocycles. The molecule has 0 aliphatic rings. The second-order valence-electron chi connectivity index (χ2n) is 5.24. The maximum absolute atomic E-state index is 13.2. The first kappa shape index (κ1) is 26.0. The fourth-order valence-corrected chi connectivity index (χ4v) is 2.16. The van der Waals surface area contributed by atoms with Gasteiger partial charge in [0, 0.05) is 6.42 Å². The van der Waals surface area contributed by atoms with E-state index in [1.54, 1.807) is 0 Å². The van der Waals surface area contributed by atoms with Crippen LogP contribution < -0.4 is 0 Å². The fourth-order valence-electron chi connectivity index (χ4n) is 1.59. The summed E-state index contributed by atoms with van der Waals surface area (Å²) in [6, 6.07) is 0. The second kappa shape index (κ2) is 7.11. The average Bonchev–Trinajstić information content (AvgIpc) is 2.40. The Morgan fingerprint density at radius 3 is 1.30 bits per heavy atom. The Balaban J connectivity index is 5.74. The van der Waals surface area contributed by atoms with Gasteiger partial charge in [-0.05, 0) is 12.8 Å². The Morgan fingerprint density at radius 2 is 0.963 bits per heavy atom. The summed E-state index contributed by atoms with van der Waals surface area (Å²) in [5.74, 6) is -38.5. The van der Waals surface area contributed by atoms with Gasteiger partial charge in [-0.15, -0.1) is 0 Å². The van der Waals surface area contributed by atoms with Crippen LogP contribution in [0.15, 0.2) is 0 Å². The monoisotopic (exact) mass is 456 g/mol. The molecule has 0 atom stereocenters. The molecule has 0 radical (unpaired) electrons. The Kier molecular flexibility index (Phi) is 6.85. The Labute approximate surface area is 142 Å². The third-order valence-electron chi connectivity index (χ3n) is 3.14. The molecule has 0 unspecified atom stereocenters. The van der Waals surface area contributed by atoms with Crippen LogP contribution >= 0.6 is 0 Å². The zero-order chi connectivity index (χ0) is 22.3. The van der Waals surface area contributed by atoms with Crippen molar-refractivity contribution in [1.82, 2.24) is 0 Å². The summed E-state index contributed by atoms with van der Waals surface area (Å²) in [6.07, 6.45) is -12.4. The van der Waals surface area contributed by atoms with Gasteiger partial charge in [0.2, 0.25) is 0 Å². The van der Waals surface area contributed by atoms with Crippen LogP contribution in [0.1, 0.15) is 19.3 Å². The molecule has 3 nitrogen and oxygen atoms in total. The molecule has 27 heavy (non-hydrogen) atoms. The molecule has 0 aromatic rings. The predicted molar refractivity (Wildman–Crippen MR) is 61.1 cm³/mol. The molecule has 0 aliphatic carbocycles. The van der Waals surface area contributed by atoms with E-state index in [1.807, 2.05) is 0 Å². The normalized spacial score (nSPS) is 15.9. The van der Waals surface area contributed by atoms with Crippen molar-refractivity contribution < 1.29 is 70.0 Å². The molecule has 17 heteroatoms. The number of unbranched alkanes of at least 4 members (excludes halogenated alkanes) is 1. The van der Waals surface area contributed by atoms with E-state index in [2.05, 4.69) is 0 Å². The topological polar surface area (TPSA) is 54.4 Å². The van der Waals surface area contributed by atoms with Crippen LogP contribution in [-0.2, 0) is 10.1 Å². The molecule has 0 saturated heterocycles. The summed E-state index contributed by atoms with van der Waals surface area (Å²) in [6.45, 7) is 0. The summed E-state index contributed by atoms with van der Waals surface area (Å²) < 4.78 is 194. The zero-order valence-corrected chi connectivity index (χ0v) is 13.2. The van der Waals surface area contributed by atoms with Crippen molar-refractivity contribution >= 4 is 10.1 Å². The highest BCUT2D eigenvalue weighted by Crippen LogP contribution is 2.60. The van der Waals surface area contributed by atoms with E-state index < -0.39 is 70.9 Å². The van der Waals surface area contributed by atoms with Gasteiger partial charge in [-0.1, -0.05) is 0 Å². The fraction of sp³-hybridized carbons (Fsp3) is 1.00. The van der Waals surface area contributed by atoms with Gasteiger partial charge < -0.3 is 0 Å². The van der Waals surface area contributed by atoms with Gasteiger partial charge in [-0.2, -0.15) is 65.5 Å². The van der Waals surface area contributed by atoms with Crippen molar-refractivity contribution in [1.29, 1.82) is 0 Å². The van der Waals surface area contributed by atoms with Gasteiger partial charge in [0.05, 0.1) is 5.75 Å². The molecule has 0 fully saturated rings. The van der Waals surface area contributed by atoms with Crippen LogP contribution in [0.4, 0.5) is 57.1 Å². The SMILES string of the molecule is O=S(=O)(O)CCCCC(F)(F)C(F)(F)C(F)(F)C(F)(F)C(F)(F)C(F)(F)F. The van der Waals surface area contributed by atoms with Crippen LogP contribution in [0.3, 0.4) is 0 Å². The van der Waals surface area contributed by atoms with E-state index in [9.17, 15) is 65.5 Å². The van der Waals surface area contributed by atoms with Gasteiger partial charge in [-0.3, -0.25) is 4.55 Å². The lowest BCUT2D eigenvalue weighted by Gasteiger charge is -2.39. The largest absolute Gasteiger partial charge is 0.460 e. The molecule has 0 aromatic carbocycles. The minimum absolute atomic E-state index is 1.06. The lowest BCUT2D eigenvalue weighted by atomic mass is 9.92. The molecule has 0 bridgehead atoms. The highest BCUT2D eigenvalue weighted by atomic mass is 32.2. The Hall–Kier alpha value is -1.00. The van der Waals surface area contributed by atoms with Crippen LogP contribution in [0.5, 0.6) is 0 Å². The third kappa shape index (κ3) is 4.71. The zero-order valence-electron chi connectivity index (χ0n) is 12.4. The van der Waals surface area contributed by atoms with Gasteiger partial charge in [0.25, 0.3) is 10.1 Å². The third-order valence-corrected chi connectivity index (χ3v) is 3.95. The molecule has 1 N–H and O–H groups in total. The average molecular weight is 456 g/mol. The lowest BCUT2D eigenvalue weighted by Crippen LogP contribution is -2.70. The highest BCUT2D eigenvalue weighted by Gasteiger charge is 2.90. The maximum Gasteiger partial charge on any atom is 0.460 e. The summed E-state index contributed by atoms with van der Waals surface area (Å²) in [5, 5.41) is 0. The quantitative estimate of drug-likeness (QED) is 0.309. The van der Waals surface area contributed by atoms with E-state index >= 15 is 0 Å².